The van der Waals surface area contributed by atoms with Crippen LogP contribution >= 0.6 is 11.8 Å². The van der Waals surface area contributed by atoms with E-state index in [9.17, 15) is 15.0 Å². The normalized spacial score (nSPS) is 18.4. The van der Waals surface area contributed by atoms with Crippen LogP contribution < -0.4 is 5.43 Å². The number of phenolic OH excluding ortho intramolecular Hbond substituents is 2. The van der Waals surface area contributed by atoms with Crippen LogP contribution in [0.2, 0.25) is 0 Å². The monoisotopic (exact) mass is 381 g/mol. The number of nitrogens with zero attached hydrogens (tertiary/aromatic N) is 1. The number of hydrogen-bond donors (Lipinski definition) is 2. The third-order valence-electron chi connectivity index (χ3n) is 5.45. The molecular formula is C21H19NO4S. The second-order valence-electron chi connectivity index (χ2n) is 7.60. The van der Waals surface area contributed by atoms with Crippen molar-refractivity contribution in [3.63, 3.8) is 0 Å². The molecule has 2 fully saturated rings. The summed E-state index contributed by atoms with van der Waals surface area (Å²) >= 11 is 1.98. The van der Waals surface area contributed by atoms with Crippen molar-refractivity contribution in [2.75, 3.05) is 24.6 Å². The lowest BCUT2D eigenvalue weighted by atomic mass is 9.82. The summed E-state index contributed by atoms with van der Waals surface area (Å²) in [5.41, 5.74) is 2.11. The van der Waals surface area contributed by atoms with Crippen LogP contribution in [0.15, 0.2) is 51.7 Å². The summed E-state index contributed by atoms with van der Waals surface area (Å²) in [6.07, 6.45) is 0. The molecule has 1 aromatic heterocycles. The average molecular weight is 381 g/mol. The number of rotatable bonds is 3. The quantitative estimate of drug-likeness (QED) is 0.724. The molecule has 0 bridgehead atoms. The predicted octanol–water partition coefficient (Wildman–Crippen LogP) is 3.42. The van der Waals surface area contributed by atoms with Crippen LogP contribution in [0, 0.1) is 5.41 Å². The molecule has 1 spiro atoms. The zero-order valence-electron chi connectivity index (χ0n) is 14.6. The van der Waals surface area contributed by atoms with E-state index in [1.807, 2.05) is 11.8 Å². The topological polar surface area (TPSA) is 73.9 Å². The predicted molar refractivity (Wildman–Crippen MR) is 106 cm³/mol. The van der Waals surface area contributed by atoms with Gasteiger partial charge in [-0.25, -0.2) is 0 Å². The summed E-state index contributed by atoms with van der Waals surface area (Å²) in [6.45, 7) is 2.60. The maximum Gasteiger partial charge on any atom is 0.193 e. The Morgan fingerprint density at radius 3 is 2.48 bits per heavy atom. The first-order valence-electron chi connectivity index (χ1n) is 8.91. The number of hydrogen-bond acceptors (Lipinski definition) is 6. The highest BCUT2D eigenvalue weighted by Gasteiger charge is 2.47. The van der Waals surface area contributed by atoms with E-state index in [0.29, 0.717) is 39.8 Å². The third-order valence-corrected chi connectivity index (χ3v) is 7.08. The van der Waals surface area contributed by atoms with Crippen LogP contribution in [0.4, 0.5) is 0 Å². The fourth-order valence-corrected chi connectivity index (χ4v) is 5.20. The molecule has 5 rings (SSSR count). The van der Waals surface area contributed by atoms with Crippen molar-refractivity contribution >= 4 is 22.7 Å². The van der Waals surface area contributed by atoms with Crippen molar-refractivity contribution < 1.29 is 14.6 Å². The van der Waals surface area contributed by atoms with E-state index in [2.05, 4.69) is 4.90 Å². The zero-order chi connectivity index (χ0) is 18.6. The Hall–Kier alpha value is -2.44. The molecule has 0 saturated carbocycles. The van der Waals surface area contributed by atoms with E-state index in [1.54, 1.807) is 36.4 Å². The average Bonchev–Trinajstić information content (AvgIpc) is 2.58. The maximum atomic E-state index is 12.9. The molecule has 0 atom stereocenters. The summed E-state index contributed by atoms with van der Waals surface area (Å²) in [5, 5.41) is 20.3. The molecule has 3 heterocycles. The highest BCUT2D eigenvalue weighted by atomic mass is 32.2. The van der Waals surface area contributed by atoms with Gasteiger partial charge >= 0.3 is 0 Å². The number of phenols is 2. The smallest absolute Gasteiger partial charge is 0.193 e. The van der Waals surface area contributed by atoms with E-state index in [0.717, 1.165) is 13.1 Å². The van der Waals surface area contributed by atoms with Gasteiger partial charge in [-0.15, -0.1) is 0 Å². The number of thioether (sulfide) groups is 1. The van der Waals surface area contributed by atoms with Crippen molar-refractivity contribution in [2.45, 2.75) is 6.54 Å². The lowest BCUT2D eigenvalue weighted by Gasteiger charge is -2.55. The second-order valence-corrected chi connectivity index (χ2v) is 8.58. The molecule has 138 valence electrons. The van der Waals surface area contributed by atoms with E-state index in [-0.39, 0.29) is 16.9 Å². The highest BCUT2D eigenvalue weighted by molar-refractivity contribution is 8.00. The number of likely N-dealkylation sites (tertiary alicyclic amines) is 1. The second kappa shape index (κ2) is 6.04. The van der Waals surface area contributed by atoms with Crippen molar-refractivity contribution in [1.29, 1.82) is 0 Å². The molecule has 2 N–H and O–H groups in total. The number of fused-ring (bicyclic) bond motifs is 1. The van der Waals surface area contributed by atoms with Gasteiger partial charge in [-0.3, -0.25) is 9.69 Å². The highest BCUT2D eigenvalue weighted by Crippen LogP contribution is 2.46. The van der Waals surface area contributed by atoms with Gasteiger partial charge in [0.2, 0.25) is 0 Å². The Labute approximate surface area is 160 Å². The summed E-state index contributed by atoms with van der Waals surface area (Å²) in [5.74, 6) is 3.16. The van der Waals surface area contributed by atoms with Crippen molar-refractivity contribution in [1.82, 2.24) is 4.90 Å². The standard InChI is InChI=1S/C21H19NO4S/c23-14-3-1-13(2-4-14)19-7-17(25)20-15(16(24)5-6-18(20)26-19)8-22-9-21(10-22)11-27-12-21/h1-7,23-24H,8-12H2. The number of benzene rings is 2. The Bertz CT molecular complexity index is 1080. The Morgan fingerprint density at radius 2 is 1.81 bits per heavy atom. The summed E-state index contributed by atoms with van der Waals surface area (Å²) in [7, 11) is 0. The molecular weight excluding hydrogens is 362 g/mol. The third kappa shape index (κ3) is 2.80. The van der Waals surface area contributed by atoms with Gasteiger partial charge < -0.3 is 14.6 Å². The van der Waals surface area contributed by atoms with Crippen LogP contribution in [0.5, 0.6) is 11.5 Å². The van der Waals surface area contributed by atoms with E-state index in [1.165, 1.54) is 17.6 Å². The van der Waals surface area contributed by atoms with Gasteiger partial charge in [-0.1, -0.05) is 0 Å². The molecule has 0 unspecified atom stereocenters. The molecule has 3 aromatic rings. The molecule has 2 saturated heterocycles. The molecule has 5 nitrogen and oxygen atoms in total. The molecule has 0 aliphatic carbocycles. The minimum absolute atomic E-state index is 0.135. The van der Waals surface area contributed by atoms with E-state index < -0.39 is 0 Å². The van der Waals surface area contributed by atoms with Gasteiger partial charge in [-0.05, 0) is 36.4 Å². The fraction of sp³-hybridized carbons (Fsp3) is 0.286. The van der Waals surface area contributed by atoms with Crippen LogP contribution in [0.25, 0.3) is 22.3 Å². The first-order chi connectivity index (χ1) is 13.0. The summed E-state index contributed by atoms with van der Waals surface area (Å²) in [6, 6.07) is 11.2. The molecule has 0 amide bonds. The fourth-order valence-electron chi connectivity index (χ4n) is 4.05. The van der Waals surface area contributed by atoms with Crippen LogP contribution in [0.1, 0.15) is 5.56 Å². The Balaban J connectivity index is 1.53. The van der Waals surface area contributed by atoms with Gasteiger partial charge in [0.25, 0.3) is 0 Å². The minimum atomic E-state index is -0.167. The SMILES string of the molecule is O=c1cc(-c2ccc(O)cc2)oc2ccc(O)c(CN3CC4(CSC4)C3)c12. The molecule has 27 heavy (non-hydrogen) atoms. The van der Waals surface area contributed by atoms with Crippen molar-refractivity contribution in [2.24, 2.45) is 5.41 Å². The van der Waals surface area contributed by atoms with Gasteiger partial charge in [0.15, 0.2) is 5.43 Å². The van der Waals surface area contributed by atoms with Crippen molar-refractivity contribution in [3.8, 4) is 22.8 Å². The molecule has 2 aromatic carbocycles. The van der Waals surface area contributed by atoms with Crippen LogP contribution in [0.3, 0.4) is 0 Å². The minimum Gasteiger partial charge on any atom is -0.508 e. The summed E-state index contributed by atoms with van der Waals surface area (Å²) < 4.78 is 5.96. The first-order valence-corrected chi connectivity index (χ1v) is 10.1. The molecule has 0 radical (unpaired) electrons. The number of aromatic hydroxyl groups is 2. The van der Waals surface area contributed by atoms with E-state index >= 15 is 0 Å². The van der Waals surface area contributed by atoms with Crippen molar-refractivity contribution in [3.05, 3.63) is 58.3 Å². The largest absolute Gasteiger partial charge is 0.508 e. The van der Waals surface area contributed by atoms with Gasteiger partial charge in [0.1, 0.15) is 22.8 Å². The molecule has 2 aliphatic heterocycles. The van der Waals surface area contributed by atoms with Gasteiger partial charge in [-0.2, -0.15) is 11.8 Å². The lowest BCUT2D eigenvalue weighted by molar-refractivity contribution is 0.0230. The molecule has 6 heteroatoms. The van der Waals surface area contributed by atoms with Gasteiger partial charge in [0, 0.05) is 53.7 Å². The lowest BCUT2D eigenvalue weighted by Crippen LogP contribution is -2.62. The Morgan fingerprint density at radius 1 is 1.07 bits per heavy atom. The molecule has 2 aliphatic rings. The Kier molecular flexibility index (Phi) is 3.74. The first kappa shape index (κ1) is 16.7. The maximum absolute atomic E-state index is 12.9. The van der Waals surface area contributed by atoms with Gasteiger partial charge in [0.05, 0.1) is 5.39 Å². The van der Waals surface area contributed by atoms with Crippen LogP contribution in [-0.2, 0) is 6.54 Å². The summed E-state index contributed by atoms with van der Waals surface area (Å²) in [4.78, 5) is 15.1. The van der Waals surface area contributed by atoms with E-state index in [4.69, 9.17) is 4.42 Å². The zero-order valence-corrected chi connectivity index (χ0v) is 15.5. The van der Waals surface area contributed by atoms with Crippen LogP contribution in [-0.4, -0.2) is 39.7 Å².